The third-order valence-electron chi connectivity index (χ3n) is 2.88. The number of hydrogen-bond acceptors (Lipinski definition) is 3. The molecule has 1 aliphatic rings. The molecule has 1 aromatic carbocycles. The van der Waals surface area contributed by atoms with Crippen molar-refractivity contribution in [1.82, 2.24) is 0 Å². The van der Waals surface area contributed by atoms with E-state index in [1.807, 2.05) is 27.7 Å². The Kier molecular flexibility index (Phi) is 3.05. The lowest BCUT2D eigenvalue weighted by molar-refractivity contribution is -0.155. The number of rotatable bonds is 1. The van der Waals surface area contributed by atoms with E-state index < -0.39 is 11.6 Å². The molecule has 0 aliphatic carbocycles. The van der Waals surface area contributed by atoms with Crippen LogP contribution in [0.5, 0.6) is 0 Å². The molecule has 0 saturated carbocycles. The van der Waals surface area contributed by atoms with E-state index in [1.165, 1.54) is 6.07 Å². The van der Waals surface area contributed by atoms with Crippen molar-refractivity contribution in [2.75, 3.05) is 5.32 Å². The second-order valence-electron chi connectivity index (χ2n) is 5.65. The van der Waals surface area contributed by atoms with Gasteiger partial charge in [0.15, 0.2) is 0 Å². The number of halogens is 1. The van der Waals surface area contributed by atoms with Crippen molar-refractivity contribution < 1.29 is 13.9 Å². The molecule has 1 aliphatic heterocycles. The Balaban J connectivity index is 2.18. The maximum absolute atomic E-state index is 13.7. The average molecular weight is 251 g/mol. The molecule has 18 heavy (non-hydrogen) atoms. The number of nitrogens with one attached hydrogen (secondary N) is 1. The van der Waals surface area contributed by atoms with Gasteiger partial charge in [0.25, 0.3) is 0 Å². The van der Waals surface area contributed by atoms with Crippen LogP contribution < -0.4 is 5.32 Å². The summed E-state index contributed by atoms with van der Waals surface area (Å²) in [5.74, 6) is -0.605. The van der Waals surface area contributed by atoms with E-state index in [2.05, 4.69) is 5.32 Å². The van der Waals surface area contributed by atoms with Crippen LogP contribution in [-0.4, -0.2) is 17.6 Å². The second-order valence-corrected chi connectivity index (χ2v) is 5.65. The fourth-order valence-corrected chi connectivity index (χ4v) is 2.08. The van der Waals surface area contributed by atoms with E-state index in [4.69, 9.17) is 4.74 Å². The van der Waals surface area contributed by atoms with Gasteiger partial charge < -0.3 is 10.1 Å². The number of esters is 1. The number of aryl methyl sites for hydroxylation is 1. The third-order valence-corrected chi connectivity index (χ3v) is 2.88. The summed E-state index contributed by atoms with van der Waals surface area (Å²) >= 11 is 0. The molecule has 98 valence electrons. The van der Waals surface area contributed by atoms with E-state index in [1.54, 1.807) is 6.07 Å². The van der Waals surface area contributed by atoms with Gasteiger partial charge in [-0.2, -0.15) is 0 Å². The standard InChI is InChI=1S/C14H18FNO2/c1-8-5-6-10(15)9-7-11(16-12(8)9)13(17)18-14(2,3)4/h5-6,11,16H,7H2,1-4H3. The lowest BCUT2D eigenvalue weighted by atomic mass is 10.1. The van der Waals surface area contributed by atoms with Crippen LogP contribution in [0.4, 0.5) is 10.1 Å². The number of fused-ring (bicyclic) bond motifs is 1. The van der Waals surface area contributed by atoms with E-state index in [0.717, 1.165) is 11.3 Å². The van der Waals surface area contributed by atoms with Crippen molar-refractivity contribution >= 4 is 11.7 Å². The van der Waals surface area contributed by atoms with Gasteiger partial charge in [0.1, 0.15) is 17.5 Å². The molecular weight excluding hydrogens is 233 g/mol. The summed E-state index contributed by atoms with van der Waals surface area (Å²) in [7, 11) is 0. The lowest BCUT2D eigenvalue weighted by Crippen LogP contribution is -2.35. The van der Waals surface area contributed by atoms with E-state index in [0.29, 0.717) is 12.0 Å². The van der Waals surface area contributed by atoms with Gasteiger partial charge in [0.2, 0.25) is 0 Å². The second kappa shape index (κ2) is 4.26. The lowest BCUT2D eigenvalue weighted by Gasteiger charge is -2.22. The molecule has 1 atom stereocenters. The number of benzene rings is 1. The van der Waals surface area contributed by atoms with E-state index in [-0.39, 0.29) is 11.8 Å². The number of anilines is 1. The maximum atomic E-state index is 13.7. The summed E-state index contributed by atoms with van der Waals surface area (Å²) in [6.45, 7) is 7.35. The smallest absolute Gasteiger partial charge is 0.329 e. The Hall–Kier alpha value is -1.58. The quantitative estimate of drug-likeness (QED) is 0.780. The Morgan fingerprint density at radius 2 is 2.11 bits per heavy atom. The Bertz CT molecular complexity index is 460. The SMILES string of the molecule is Cc1ccc(F)c2c1NC(C(=O)OC(C)(C)C)C2. The summed E-state index contributed by atoms with van der Waals surface area (Å²) in [6, 6.07) is 2.65. The van der Waals surface area contributed by atoms with Crippen LogP contribution in [0.3, 0.4) is 0 Å². The molecule has 3 nitrogen and oxygen atoms in total. The van der Waals surface area contributed by atoms with Gasteiger partial charge in [-0.15, -0.1) is 0 Å². The van der Waals surface area contributed by atoms with Gasteiger partial charge in [-0.1, -0.05) is 6.07 Å². The molecule has 1 N–H and O–H groups in total. The van der Waals surface area contributed by atoms with Gasteiger partial charge in [0, 0.05) is 17.7 Å². The number of hydrogen-bond donors (Lipinski definition) is 1. The van der Waals surface area contributed by atoms with Crippen LogP contribution in [0, 0.1) is 12.7 Å². The molecule has 0 amide bonds. The third kappa shape index (κ3) is 2.47. The minimum atomic E-state index is -0.527. The van der Waals surface area contributed by atoms with Crippen LogP contribution in [0.25, 0.3) is 0 Å². The molecule has 1 aromatic rings. The normalized spacial score (nSPS) is 18.2. The molecule has 0 bridgehead atoms. The largest absolute Gasteiger partial charge is 0.458 e. The fraction of sp³-hybridized carbons (Fsp3) is 0.500. The Morgan fingerprint density at radius 3 is 2.67 bits per heavy atom. The highest BCUT2D eigenvalue weighted by Crippen LogP contribution is 2.32. The van der Waals surface area contributed by atoms with Crippen LogP contribution in [0.2, 0.25) is 0 Å². The van der Waals surface area contributed by atoms with Gasteiger partial charge in [-0.3, -0.25) is 0 Å². The molecule has 1 heterocycles. The van der Waals surface area contributed by atoms with Crippen molar-refractivity contribution in [3.63, 3.8) is 0 Å². The Labute approximate surface area is 106 Å². The topological polar surface area (TPSA) is 38.3 Å². The summed E-state index contributed by atoms with van der Waals surface area (Å²) in [6.07, 6.45) is 0.345. The predicted octanol–water partition coefficient (Wildman–Crippen LogP) is 2.81. The van der Waals surface area contributed by atoms with Crippen LogP contribution in [-0.2, 0) is 16.0 Å². The van der Waals surface area contributed by atoms with Crippen LogP contribution >= 0.6 is 0 Å². The predicted molar refractivity (Wildman–Crippen MR) is 68.1 cm³/mol. The zero-order valence-corrected chi connectivity index (χ0v) is 11.1. The molecule has 0 saturated heterocycles. The van der Waals surface area contributed by atoms with Gasteiger partial charge in [0.05, 0.1) is 0 Å². The Morgan fingerprint density at radius 1 is 1.44 bits per heavy atom. The molecule has 0 fully saturated rings. The first-order chi connectivity index (χ1) is 8.28. The highest BCUT2D eigenvalue weighted by atomic mass is 19.1. The van der Waals surface area contributed by atoms with Crippen molar-refractivity contribution in [1.29, 1.82) is 0 Å². The van der Waals surface area contributed by atoms with E-state index in [9.17, 15) is 9.18 Å². The van der Waals surface area contributed by atoms with Crippen molar-refractivity contribution in [3.8, 4) is 0 Å². The van der Waals surface area contributed by atoms with Gasteiger partial charge in [-0.25, -0.2) is 9.18 Å². The molecule has 0 aromatic heterocycles. The monoisotopic (exact) mass is 251 g/mol. The summed E-state index contributed by atoms with van der Waals surface area (Å²) < 4.78 is 19.0. The first-order valence-corrected chi connectivity index (χ1v) is 6.05. The minimum absolute atomic E-state index is 0.269. The zero-order valence-electron chi connectivity index (χ0n) is 11.1. The molecular formula is C14H18FNO2. The van der Waals surface area contributed by atoms with Gasteiger partial charge in [-0.05, 0) is 39.3 Å². The van der Waals surface area contributed by atoms with Crippen molar-refractivity contribution in [2.45, 2.75) is 45.8 Å². The zero-order chi connectivity index (χ0) is 13.5. The van der Waals surface area contributed by atoms with Crippen LogP contribution in [0.15, 0.2) is 12.1 Å². The summed E-state index contributed by atoms with van der Waals surface area (Å²) in [4.78, 5) is 11.9. The van der Waals surface area contributed by atoms with Gasteiger partial charge >= 0.3 is 5.97 Å². The number of ether oxygens (including phenoxy) is 1. The minimum Gasteiger partial charge on any atom is -0.458 e. The summed E-state index contributed by atoms with van der Waals surface area (Å²) in [5, 5.41) is 3.05. The number of carbonyl (C=O) groups is 1. The molecule has 4 heteroatoms. The van der Waals surface area contributed by atoms with E-state index >= 15 is 0 Å². The first kappa shape index (κ1) is 12.9. The first-order valence-electron chi connectivity index (χ1n) is 6.05. The highest BCUT2D eigenvalue weighted by molar-refractivity contribution is 5.84. The molecule has 0 radical (unpaired) electrons. The highest BCUT2D eigenvalue weighted by Gasteiger charge is 2.32. The molecule has 0 spiro atoms. The fourth-order valence-electron chi connectivity index (χ4n) is 2.08. The molecule has 1 unspecified atom stereocenters. The molecule has 2 rings (SSSR count). The maximum Gasteiger partial charge on any atom is 0.329 e. The average Bonchev–Trinajstić information content (AvgIpc) is 2.67. The van der Waals surface area contributed by atoms with Crippen molar-refractivity contribution in [3.05, 3.63) is 29.1 Å². The number of carbonyl (C=O) groups excluding carboxylic acids is 1. The summed E-state index contributed by atoms with van der Waals surface area (Å²) in [5.41, 5.74) is 1.72. The van der Waals surface area contributed by atoms with Crippen LogP contribution in [0.1, 0.15) is 31.9 Å². The van der Waals surface area contributed by atoms with Crippen molar-refractivity contribution in [2.24, 2.45) is 0 Å².